The van der Waals surface area contributed by atoms with E-state index in [9.17, 15) is 8.42 Å². The van der Waals surface area contributed by atoms with E-state index in [1.165, 1.54) is 4.31 Å². The van der Waals surface area contributed by atoms with Gasteiger partial charge in [0.25, 0.3) is 10.2 Å². The molecule has 1 aliphatic heterocycles. The van der Waals surface area contributed by atoms with Crippen molar-refractivity contribution in [3.63, 3.8) is 0 Å². The summed E-state index contributed by atoms with van der Waals surface area (Å²) in [4.78, 5) is 4.44. The maximum absolute atomic E-state index is 12.5. The normalized spacial score (nSPS) is 18.1. The average molecular weight is 326 g/mol. The number of rotatable bonds is 5. The molecule has 6 nitrogen and oxygen atoms in total. The van der Waals surface area contributed by atoms with E-state index >= 15 is 0 Å². The first-order valence-corrected chi connectivity index (χ1v) is 9.13. The zero-order chi connectivity index (χ0) is 16.3. The standard InChI is InChI=1S/C15H26N4O2S/c1-12(2)18(4)22(20,21)19-10-8-14(9-11-19)17-15-7-5-6-13(3)16-15/h5-7,12,14H,8-11H2,1-4H3,(H,16,17). The first-order valence-electron chi connectivity index (χ1n) is 7.74. The first-order chi connectivity index (χ1) is 10.3. The predicted molar refractivity (Wildman–Crippen MR) is 89.0 cm³/mol. The second-order valence-corrected chi connectivity index (χ2v) is 8.09. The molecule has 1 saturated heterocycles. The van der Waals surface area contributed by atoms with Gasteiger partial charge < -0.3 is 5.32 Å². The van der Waals surface area contributed by atoms with Crippen molar-refractivity contribution in [2.75, 3.05) is 25.5 Å². The van der Waals surface area contributed by atoms with Crippen molar-refractivity contribution in [1.82, 2.24) is 13.6 Å². The second kappa shape index (κ2) is 6.93. The lowest BCUT2D eigenvalue weighted by atomic mass is 10.1. The van der Waals surface area contributed by atoms with Gasteiger partial charge in [-0.05, 0) is 45.7 Å². The van der Waals surface area contributed by atoms with Gasteiger partial charge in [0.05, 0.1) is 0 Å². The van der Waals surface area contributed by atoms with Crippen molar-refractivity contribution in [1.29, 1.82) is 0 Å². The van der Waals surface area contributed by atoms with Crippen LogP contribution < -0.4 is 5.32 Å². The molecule has 0 aliphatic carbocycles. The van der Waals surface area contributed by atoms with Gasteiger partial charge in [-0.15, -0.1) is 0 Å². The molecule has 0 atom stereocenters. The van der Waals surface area contributed by atoms with Crippen LogP contribution in [0.15, 0.2) is 18.2 Å². The number of hydrogen-bond acceptors (Lipinski definition) is 4. The Kier molecular flexibility index (Phi) is 5.41. The maximum Gasteiger partial charge on any atom is 0.281 e. The molecule has 1 aromatic rings. The van der Waals surface area contributed by atoms with Crippen molar-refractivity contribution in [2.24, 2.45) is 0 Å². The third-order valence-corrected chi connectivity index (χ3v) is 6.28. The Hall–Kier alpha value is -1.18. The zero-order valence-electron chi connectivity index (χ0n) is 13.8. The van der Waals surface area contributed by atoms with Crippen molar-refractivity contribution in [3.8, 4) is 0 Å². The summed E-state index contributed by atoms with van der Waals surface area (Å²) in [5.41, 5.74) is 0.976. The van der Waals surface area contributed by atoms with Gasteiger partial charge >= 0.3 is 0 Å². The minimum atomic E-state index is -3.34. The summed E-state index contributed by atoms with van der Waals surface area (Å²) in [6, 6.07) is 6.12. The highest BCUT2D eigenvalue weighted by Crippen LogP contribution is 2.20. The van der Waals surface area contributed by atoms with Crippen LogP contribution in [-0.4, -0.2) is 54.2 Å². The number of aryl methyl sites for hydroxylation is 1. The van der Waals surface area contributed by atoms with E-state index in [0.29, 0.717) is 13.1 Å². The monoisotopic (exact) mass is 326 g/mol. The van der Waals surface area contributed by atoms with E-state index < -0.39 is 10.2 Å². The van der Waals surface area contributed by atoms with Crippen LogP contribution in [-0.2, 0) is 10.2 Å². The number of anilines is 1. The van der Waals surface area contributed by atoms with E-state index in [4.69, 9.17) is 0 Å². The first kappa shape index (κ1) is 17.2. The Morgan fingerprint density at radius 3 is 2.50 bits per heavy atom. The van der Waals surface area contributed by atoms with Crippen LogP contribution in [0.25, 0.3) is 0 Å². The van der Waals surface area contributed by atoms with Crippen LogP contribution in [0.3, 0.4) is 0 Å². The number of nitrogens with zero attached hydrogens (tertiary/aromatic N) is 3. The largest absolute Gasteiger partial charge is 0.367 e. The van der Waals surface area contributed by atoms with E-state index in [1.807, 2.05) is 39.0 Å². The Morgan fingerprint density at radius 1 is 1.32 bits per heavy atom. The zero-order valence-corrected chi connectivity index (χ0v) is 14.6. The van der Waals surface area contributed by atoms with Gasteiger partial charge in [-0.2, -0.15) is 17.0 Å². The molecule has 0 saturated carbocycles. The van der Waals surface area contributed by atoms with Crippen molar-refractivity contribution in [3.05, 3.63) is 23.9 Å². The molecule has 2 rings (SSSR count). The van der Waals surface area contributed by atoms with Crippen LogP contribution in [0.4, 0.5) is 5.82 Å². The number of aromatic nitrogens is 1. The molecule has 0 amide bonds. The molecular weight excluding hydrogens is 300 g/mol. The molecule has 22 heavy (non-hydrogen) atoms. The lowest BCUT2D eigenvalue weighted by Gasteiger charge is -2.35. The highest BCUT2D eigenvalue weighted by Gasteiger charge is 2.32. The van der Waals surface area contributed by atoms with Gasteiger partial charge in [0.15, 0.2) is 0 Å². The third kappa shape index (κ3) is 3.97. The number of piperidine rings is 1. The molecule has 1 aliphatic rings. The van der Waals surface area contributed by atoms with Gasteiger partial charge in [0.1, 0.15) is 5.82 Å². The van der Waals surface area contributed by atoms with E-state index in [0.717, 1.165) is 24.4 Å². The summed E-state index contributed by atoms with van der Waals surface area (Å²) in [5.74, 6) is 0.862. The fraction of sp³-hybridized carbons (Fsp3) is 0.667. The Labute approximate surface area is 133 Å². The minimum absolute atomic E-state index is 0.0302. The Balaban J connectivity index is 1.93. The van der Waals surface area contributed by atoms with Crippen molar-refractivity contribution >= 4 is 16.0 Å². The molecule has 1 aromatic heterocycles. The molecule has 0 aromatic carbocycles. The molecule has 1 N–H and O–H groups in total. The number of pyridine rings is 1. The Bertz CT molecular complexity index is 595. The van der Waals surface area contributed by atoms with Crippen LogP contribution in [0.2, 0.25) is 0 Å². The van der Waals surface area contributed by atoms with Gasteiger partial charge in [-0.1, -0.05) is 6.07 Å². The van der Waals surface area contributed by atoms with E-state index in [1.54, 1.807) is 11.4 Å². The van der Waals surface area contributed by atoms with Crippen LogP contribution in [0.1, 0.15) is 32.4 Å². The molecule has 0 spiro atoms. The molecule has 0 radical (unpaired) electrons. The average Bonchev–Trinajstić information content (AvgIpc) is 2.47. The smallest absolute Gasteiger partial charge is 0.281 e. The summed E-state index contributed by atoms with van der Waals surface area (Å²) < 4.78 is 27.9. The quantitative estimate of drug-likeness (QED) is 0.897. The summed E-state index contributed by atoms with van der Waals surface area (Å²) in [6.45, 7) is 6.82. The number of hydrogen-bond donors (Lipinski definition) is 1. The summed E-state index contributed by atoms with van der Waals surface area (Å²) >= 11 is 0. The third-order valence-electron chi connectivity index (χ3n) is 4.11. The highest BCUT2D eigenvalue weighted by molar-refractivity contribution is 7.86. The Morgan fingerprint density at radius 2 is 1.95 bits per heavy atom. The number of nitrogens with one attached hydrogen (secondary N) is 1. The SMILES string of the molecule is Cc1cccc(NC2CCN(S(=O)(=O)N(C)C(C)C)CC2)n1. The van der Waals surface area contributed by atoms with Crippen molar-refractivity contribution in [2.45, 2.75) is 45.7 Å². The topological polar surface area (TPSA) is 65.5 Å². The molecule has 2 heterocycles. The fourth-order valence-electron chi connectivity index (χ4n) is 2.51. The maximum atomic E-state index is 12.5. The van der Waals surface area contributed by atoms with Gasteiger partial charge in [0, 0.05) is 37.9 Å². The second-order valence-electron chi connectivity index (χ2n) is 6.10. The molecule has 7 heteroatoms. The van der Waals surface area contributed by atoms with Crippen molar-refractivity contribution < 1.29 is 8.42 Å². The summed E-state index contributed by atoms with van der Waals surface area (Å²) in [7, 11) is -1.70. The van der Waals surface area contributed by atoms with Crippen LogP contribution >= 0.6 is 0 Å². The minimum Gasteiger partial charge on any atom is -0.367 e. The molecule has 0 unspecified atom stereocenters. The van der Waals surface area contributed by atoms with Gasteiger partial charge in [-0.25, -0.2) is 4.98 Å². The lowest BCUT2D eigenvalue weighted by Crippen LogP contribution is -2.49. The highest BCUT2D eigenvalue weighted by atomic mass is 32.2. The van der Waals surface area contributed by atoms with Crippen LogP contribution in [0.5, 0.6) is 0 Å². The molecular formula is C15H26N4O2S. The summed E-state index contributed by atoms with van der Waals surface area (Å²) in [5, 5.41) is 3.40. The lowest BCUT2D eigenvalue weighted by molar-refractivity contribution is 0.292. The predicted octanol–water partition coefficient (Wildman–Crippen LogP) is 1.85. The summed E-state index contributed by atoms with van der Waals surface area (Å²) in [6.07, 6.45) is 1.58. The van der Waals surface area contributed by atoms with Gasteiger partial charge in [-0.3, -0.25) is 0 Å². The van der Waals surface area contributed by atoms with Gasteiger partial charge in [0.2, 0.25) is 0 Å². The van der Waals surface area contributed by atoms with E-state index in [2.05, 4.69) is 10.3 Å². The fourth-order valence-corrected chi connectivity index (χ4v) is 4.08. The van der Waals surface area contributed by atoms with E-state index in [-0.39, 0.29) is 12.1 Å². The van der Waals surface area contributed by atoms with Crippen LogP contribution in [0, 0.1) is 6.92 Å². The molecule has 124 valence electrons. The molecule has 0 bridgehead atoms. The molecule has 1 fully saturated rings.